The first kappa shape index (κ1) is 18.3. The van der Waals surface area contributed by atoms with Crippen molar-refractivity contribution in [3.05, 3.63) is 94.6 Å². The van der Waals surface area contributed by atoms with Crippen LogP contribution < -0.4 is 9.64 Å². The van der Waals surface area contributed by atoms with Gasteiger partial charge in [-0.15, -0.1) is 0 Å². The molecule has 3 aromatic carbocycles. The Balaban J connectivity index is 1.93. The summed E-state index contributed by atoms with van der Waals surface area (Å²) in [5.74, 6) is -2.58. The molecule has 0 radical (unpaired) electrons. The van der Waals surface area contributed by atoms with Gasteiger partial charge in [-0.1, -0.05) is 12.1 Å². The molecule has 4 rings (SSSR count). The van der Waals surface area contributed by atoms with Crippen molar-refractivity contribution in [1.29, 1.82) is 0 Å². The first-order valence-electron chi connectivity index (χ1n) is 8.82. The van der Waals surface area contributed by atoms with Crippen LogP contribution in [0.3, 0.4) is 0 Å². The van der Waals surface area contributed by atoms with E-state index in [4.69, 9.17) is 4.74 Å². The van der Waals surface area contributed by atoms with E-state index in [1.807, 2.05) is 6.07 Å². The van der Waals surface area contributed by atoms with Gasteiger partial charge in [0, 0.05) is 12.1 Å². The molecule has 144 valence electrons. The predicted octanol–water partition coefficient (Wildman–Crippen LogP) is 5.40. The second-order valence-electron chi connectivity index (χ2n) is 6.65. The van der Waals surface area contributed by atoms with E-state index in [9.17, 15) is 17.6 Å². The fourth-order valence-corrected chi connectivity index (χ4v) is 3.76. The Morgan fingerprint density at radius 3 is 2.50 bits per heavy atom. The molecule has 2 nitrogen and oxygen atoms in total. The van der Waals surface area contributed by atoms with Gasteiger partial charge in [0.1, 0.15) is 17.4 Å². The van der Waals surface area contributed by atoms with Crippen LogP contribution in [0.2, 0.25) is 0 Å². The van der Waals surface area contributed by atoms with Crippen LogP contribution >= 0.6 is 0 Å². The third-order valence-corrected chi connectivity index (χ3v) is 5.07. The fourth-order valence-electron chi connectivity index (χ4n) is 3.76. The molecule has 0 unspecified atom stereocenters. The molecule has 1 atom stereocenters. The standard InChI is InChI=1S/C22H17F4NO/c1-28-15-6-7-16-13(11-15)9-10-27(20-4-2-3-19(25)21(20)26)22(16)17-12-14(23)5-8-18(17)24/h2-8,11-12,22H,9-10H2,1H3/t22-/m0/s1. The Kier molecular flexibility index (Phi) is 4.71. The molecule has 0 aromatic heterocycles. The number of hydrogen-bond acceptors (Lipinski definition) is 2. The van der Waals surface area contributed by atoms with E-state index < -0.39 is 29.3 Å². The van der Waals surface area contributed by atoms with Gasteiger partial charge in [0.25, 0.3) is 0 Å². The number of ether oxygens (including phenoxy) is 1. The summed E-state index contributed by atoms with van der Waals surface area (Å²) < 4.78 is 62.3. The Hall–Kier alpha value is -3.02. The molecule has 3 aromatic rings. The molecule has 1 aliphatic heterocycles. The van der Waals surface area contributed by atoms with Gasteiger partial charge in [-0.3, -0.25) is 0 Å². The first-order chi connectivity index (χ1) is 13.5. The minimum absolute atomic E-state index is 0.00938. The van der Waals surface area contributed by atoms with E-state index in [1.54, 1.807) is 24.1 Å². The molecule has 0 fully saturated rings. The number of methoxy groups -OCH3 is 1. The lowest BCUT2D eigenvalue weighted by Crippen LogP contribution is -2.37. The van der Waals surface area contributed by atoms with Gasteiger partial charge in [0.2, 0.25) is 0 Å². The van der Waals surface area contributed by atoms with E-state index in [2.05, 4.69) is 0 Å². The van der Waals surface area contributed by atoms with Gasteiger partial charge in [-0.2, -0.15) is 0 Å². The van der Waals surface area contributed by atoms with Crippen LogP contribution in [-0.2, 0) is 6.42 Å². The van der Waals surface area contributed by atoms with E-state index in [0.29, 0.717) is 24.3 Å². The van der Waals surface area contributed by atoms with Crippen LogP contribution in [0, 0.1) is 23.3 Å². The van der Waals surface area contributed by atoms with Crippen LogP contribution in [-0.4, -0.2) is 13.7 Å². The maximum Gasteiger partial charge on any atom is 0.182 e. The molecule has 0 aliphatic carbocycles. The summed E-state index contributed by atoms with van der Waals surface area (Å²) in [5.41, 5.74) is 1.66. The molecule has 0 amide bonds. The van der Waals surface area contributed by atoms with Crippen LogP contribution in [0.15, 0.2) is 54.6 Å². The van der Waals surface area contributed by atoms with Gasteiger partial charge in [0.05, 0.1) is 18.8 Å². The molecule has 1 heterocycles. The molecule has 0 N–H and O–H groups in total. The lowest BCUT2D eigenvalue weighted by molar-refractivity contribution is 0.413. The minimum Gasteiger partial charge on any atom is -0.497 e. The molecular formula is C22H17F4NO. The maximum absolute atomic E-state index is 14.7. The highest BCUT2D eigenvalue weighted by Crippen LogP contribution is 2.41. The topological polar surface area (TPSA) is 12.5 Å². The van der Waals surface area contributed by atoms with E-state index >= 15 is 0 Å². The van der Waals surface area contributed by atoms with Gasteiger partial charge in [-0.05, 0) is 60.0 Å². The normalized spacial score (nSPS) is 16.0. The van der Waals surface area contributed by atoms with Crippen molar-refractivity contribution in [2.45, 2.75) is 12.5 Å². The van der Waals surface area contributed by atoms with Crippen LogP contribution in [0.5, 0.6) is 5.75 Å². The first-order valence-corrected chi connectivity index (χ1v) is 8.82. The summed E-state index contributed by atoms with van der Waals surface area (Å²) in [6, 6.07) is 11.5. The Morgan fingerprint density at radius 1 is 0.893 bits per heavy atom. The number of rotatable bonds is 3. The van der Waals surface area contributed by atoms with E-state index in [1.165, 1.54) is 12.1 Å². The highest BCUT2D eigenvalue weighted by molar-refractivity contribution is 5.58. The summed E-state index contributed by atoms with van der Waals surface area (Å²) in [4.78, 5) is 1.57. The van der Waals surface area contributed by atoms with Crippen molar-refractivity contribution in [2.24, 2.45) is 0 Å². The SMILES string of the molecule is COc1ccc2c(c1)CCN(c1cccc(F)c1F)[C@@H]2c1cc(F)ccc1F. The molecule has 0 saturated heterocycles. The van der Waals surface area contributed by atoms with E-state index in [0.717, 1.165) is 29.8 Å². The van der Waals surface area contributed by atoms with Gasteiger partial charge >= 0.3 is 0 Å². The molecule has 1 aliphatic rings. The Bertz CT molecular complexity index is 1040. The Morgan fingerprint density at radius 2 is 1.71 bits per heavy atom. The summed E-state index contributed by atoms with van der Waals surface area (Å²) in [5, 5.41) is 0. The zero-order chi connectivity index (χ0) is 19.8. The highest BCUT2D eigenvalue weighted by Gasteiger charge is 2.33. The zero-order valence-corrected chi connectivity index (χ0v) is 15.1. The third kappa shape index (κ3) is 3.09. The maximum atomic E-state index is 14.7. The summed E-state index contributed by atoms with van der Waals surface area (Å²) in [7, 11) is 1.54. The van der Waals surface area contributed by atoms with Crippen molar-refractivity contribution in [1.82, 2.24) is 0 Å². The minimum atomic E-state index is -1.01. The lowest BCUT2D eigenvalue weighted by Gasteiger charge is -2.39. The largest absolute Gasteiger partial charge is 0.497 e. The van der Waals surface area contributed by atoms with Crippen molar-refractivity contribution < 1.29 is 22.3 Å². The predicted molar refractivity (Wildman–Crippen MR) is 98.6 cm³/mol. The summed E-state index contributed by atoms with van der Waals surface area (Å²) >= 11 is 0. The number of benzene rings is 3. The number of hydrogen-bond donors (Lipinski definition) is 0. The van der Waals surface area contributed by atoms with Crippen molar-refractivity contribution in [2.75, 3.05) is 18.6 Å². The molecule has 0 saturated carbocycles. The Labute approximate surface area is 160 Å². The smallest absolute Gasteiger partial charge is 0.182 e. The zero-order valence-electron chi connectivity index (χ0n) is 15.1. The number of anilines is 1. The van der Waals surface area contributed by atoms with E-state index in [-0.39, 0.29) is 11.3 Å². The summed E-state index contributed by atoms with van der Waals surface area (Å²) in [6.45, 7) is 0.307. The molecule has 28 heavy (non-hydrogen) atoms. The second-order valence-corrected chi connectivity index (χ2v) is 6.65. The monoisotopic (exact) mass is 387 g/mol. The third-order valence-electron chi connectivity index (χ3n) is 5.07. The molecule has 0 bridgehead atoms. The van der Waals surface area contributed by atoms with Crippen LogP contribution in [0.1, 0.15) is 22.7 Å². The van der Waals surface area contributed by atoms with Gasteiger partial charge < -0.3 is 9.64 Å². The average molecular weight is 387 g/mol. The molecular weight excluding hydrogens is 370 g/mol. The van der Waals surface area contributed by atoms with Crippen molar-refractivity contribution in [3.63, 3.8) is 0 Å². The lowest BCUT2D eigenvalue weighted by atomic mass is 9.87. The molecule has 6 heteroatoms. The molecule has 0 spiro atoms. The van der Waals surface area contributed by atoms with Crippen molar-refractivity contribution >= 4 is 5.69 Å². The number of fused-ring (bicyclic) bond motifs is 1. The average Bonchev–Trinajstić information content (AvgIpc) is 2.71. The highest BCUT2D eigenvalue weighted by atomic mass is 19.2. The number of nitrogens with zero attached hydrogens (tertiary/aromatic N) is 1. The summed E-state index contributed by atoms with van der Waals surface area (Å²) in [6.07, 6.45) is 0.524. The number of halogens is 4. The van der Waals surface area contributed by atoms with Crippen molar-refractivity contribution in [3.8, 4) is 5.75 Å². The van der Waals surface area contributed by atoms with Crippen LogP contribution in [0.25, 0.3) is 0 Å². The quantitative estimate of drug-likeness (QED) is 0.558. The second kappa shape index (κ2) is 7.19. The van der Waals surface area contributed by atoms with Crippen LogP contribution in [0.4, 0.5) is 23.2 Å². The van der Waals surface area contributed by atoms with Gasteiger partial charge in [-0.25, -0.2) is 17.6 Å². The van der Waals surface area contributed by atoms with Gasteiger partial charge in [0.15, 0.2) is 11.6 Å². The fraction of sp³-hybridized carbons (Fsp3) is 0.182.